The number of halogens is 1. The first-order valence-corrected chi connectivity index (χ1v) is 12.3. The molecule has 13 heteroatoms. The van der Waals surface area contributed by atoms with Gasteiger partial charge in [0.25, 0.3) is 14.4 Å². The molecule has 0 saturated heterocycles. The van der Waals surface area contributed by atoms with Gasteiger partial charge in [-0.25, -0.2) is 14.1 Å². The second-order valence-corrected chi connectivity index (χ2v) is 10.4. The molecular formula is C21H22FN5O5S2. The third kappa shape index (κ3) is 5.91. The number of rotatable bonds is 8. The first-order chi connectivity index (χ1) is 16.0. The number of hydrogen-bond donors (Lipinski definition) is 2. The van der Waals surface area contributed by atoms with Crippen molar-refractivity contribution in [3.8, 4) is 17.0 Å². The number of nitrogens with zero attached hydrogens (tertiary/aromatic N) is 3. The van der Waals surface area contributed by atoms with Gasteiger partial charge in [-0.15, -0.1) is 10.2 Å². The lowest BCUT2D eigenvalue weighted by molar-refractivity contribution is -0.118. The van der Waals surface area contributed by atoms with E-state index >= 15 is 0 Å². The lowest BCUT2D eigenvalue weighted by Gasteiger charge is -2.18. The van der Waals surface area contributed by atoms with E-state index in [0.717, 1.165) is 0 Å². The summed E-state index contributed by atoms with van der Waals surface area (Å²) in [7, 11) is -2.89. The largest absolute Gasteiger partial charge is 0.481 e. The number of methoxy groups -OCH3 is 1. The van der Waals surface area contributed by atoms with Gasteiger partial charge in [0.2, 0.25) is 22.8 Å². The molecule has 0 bridgehead atoms. The van der Waals surface area contributed by atoms with Crippen LogP contribution in [0.25, 0.3) is 11.1 Å². The Morgan fingerprint density at radius 1 is 1.21 bits per heavy atom. The third-order valence-corrected chi connectivity index (χ3v) is 7.21. The number of amides is 2. The SMILES string of the molecule is COc1cc(-c2cc(F)cc(C(C)C)c2CC(=O)NS(=O)(=O)c2nnc(NC(C)=O)s2)ccn1. The maximum atomic E-state index is 14.5. The molecule has 1 aromatic carbocycles. The smallest absolute Gasteiger partial charge is 0.293 e. The molecule has 0 aliphatic carbocycles. The third-order valence-electron chi connectivity index (χ3n) is 4.63. The lowest BCUT2D eigenvalue weighted by Crippen LogP contribution is -2.32. The number of aromatic nitrogens is 3. The molecule has 2 amide bonds. The lowest BCUT2D eigenvalue weighted by atomic mass is 9.88. The Kier molecular flexibility index (Phi) is 7.57. The maximum Gasteiger partial charge on any atom is 0.293 e. The number of nitrogens with one attached hydrogen (secondary N) is 2. The Bertz CT molecular complexity index is 1340. The molecule has 0 radical (unpaired) electrons. The van der Waals surface area contributed by atoms with Crippen LogP contribution in [0.3, 0.4) is 0 Å². The summed E-state index contributed by atoms with van der Waals surface area (Å²) in [5.74, 6) is -1.63. The van der Waals surface area contributed by atoms with Gasteiger partial charge in [-0.05, 0) is 46.4 Å². The predicted octanol–water partition coefficient (Wildman–Crippen LogP) is 2.88. The molecule has 2 heterocycles. The molecule has 10 nitrogen and oxygen atoms in total. The van der Waals surface area contributed by atoms with E-state index in [1.165, 1.54) is 32.4 Å². The van der Waals surface area contributed by atoms with Crippen LogP contribution in [0.15, 0.2) is 34.8 Å². The number of carbonyl (C=O) groups is 2. The first kappa shape index (κ1) is 25.2. The van der Waals surface area contributed by atoms with Crippen molar-refractivity contribution < 1.29 is 27.1 Å². The summed E-state index contributed by atoms with van der Waals surface area (Å²) >= 11 is 0.603. The number of anilines is 1. The van der Waals surface area contributed by atoms with Crippen LogP contribution in [0.2, 0.25) is 0 Å². The average Bonchev–Trinajstić information content (AvgIpc) is 3.23. The molecule has 0 saturated carbocycles. The Balaban J connectivity index is 1.95. The maximum absolute atomic E-state index is 14.5. The Hall–Kier alpha value is -3.45. The highest BCUT2D eigenvalue weighted by Crippen LogP contribution is 2.33. The summed E-state index contributed by atoms with van der Waals surface area (Å²) in [5, 5.41) is 9.41. The molecule has 2 aromatic heterocycles. The Morgan fingerprint density at radius 3 is 2.59 bits per heavy atom. The summed E-state index contributed by atoms with van der Waals surface area (Å²) in [5.41, 5.74) is 2.00. The van der Waals surface area contributed by atoms with E-state index in [4.69, 9.17) is 4.74 Å². The molecule has 0 aliphatic heterocycles. The van der Waals surface area contributed by atoms with Crippen molar-refractivity contribution in [2.75, 3.05) is 12.4 Å². The monoisotopic (exact) mass is 507 g/mol. The summed E-state index contributed by atoms with van der Waals surface area (Å²) in [6, 6.07) is 5.85. The minimum absolute atomic E-state index is 0.0186. The second-order valence-electron chi connectivity index (χ2n) is 7.52. The zero-order chi connectivity index (χ0) is 25.0. The normalized spacial score (nSPS) is 11.4. The van der Waals surface area contributed by atoms with Crippen molar-refractivity contribution in [3.05, 3.63) is 47.4 Å². The first-order valence-electron chi connectivity index (χ1n) is 9.99. The van der Waals surface area contributed by atoms with E-state index in [1.807, 2.05) is 18.6 Å². The fraction of sp³-hybridized carbons (Fsp3) is 0.286. The Morgan fingerprint density at radius 2 is 1.94 bits per heavy atom. The topological polar surface area (TPSA) is 140 Å². The van der Waals surface area contributed by atoms with Crippen LogP contribution in [0.1, 0.15) is 37.8 Å². The number of ether oxygens (including phenoxy) is 1. The number of benzene rings is 1. The number of pyridine rings is 1. The van der Waals surface area contributed by atoms with Crippen LogP contribution >= 0.6 is 11.3 Å². The molecule has 0 aliphatic rings. The highest BCUT2D eigenvalue weighted by Gasteiger charge is 2.25. The standard InChI is InChI=1S/C21H22FN5O5S2/c1-11(2)15-8-14(22)9-16(13-5-6-23-19(7-13)32-4)17(15)10-18(29)27-34(30,31)21-26-25-20(33-21)24-12(3)28/h5-9,11H,10H2,1-4H3,(H,27,29)(H,24,25,28). The predicted molar refractivity (Wildman–Crippen MR) is 124 cm³/mol. The number of carbonyl (C=O) groups excluding carboxylic acids is 2. The molecule has 3 aromatic rings. The average molecular weight is 508 g/mol. The van der Waals surface area contributed by atoms with Gasteiger partial charge in [0.1, 0.15) is 5.82 Å². The molecule has 0 spiro atoms. The molecule has 180 valence electrons. The van der Waals surface area contributed by atoms with Gasteiger partial charge in [-0.2, -0.15) is 8.42 Å². The van der Waals surface area contributed by atoms with Crippen LogP contribution in [0.5, 0.6) is 5.88 Å². The van der Waals surface area contributed by atoms with Gasteiger partial charge in [-0.3, -0.25) is 9.59 Å². The zero-order valence-electron chi connectivity index (χ0n) is 18.7. The van der Waals surface area contributed by atoms with Gasteiger partial charge in [0.15, 0.2) is 0 Å². The van der Waals surface area contributed by atoms with E-state index < -0.39 is 32.0 Å². The van der Waals surface area contributed by atoms with Crippen molar-refractivity contribution in [1.82, 2.24) is 19.9 Å². The van der Waals surface area contributed by atoms with E-state index in [1.54, 1.807) is 12.1 Å². The number of hydrogen-bond acceptors (Lipinski definition) is 9. The van der Waals surface area contributed by atoms with Gasteiger partial charge in [-0.1, -0.05) is 25.2 Å². The molecular weight excluding hydrogens is 485 g/mol. The second kappa shape index (κ2) is 10.2. The van der Waals surface area contributed by atoms with Crippen molar-refractivity contribution in [2.24, 2.45) is 0 Å². The fourth-order valence-corrected chi connectivity index (χ4v) is 5.16. The van der Waals surface area contributed by atoms with Crippen molar-refractivity contribution >= 4 is 38.3 Å². The van der Waals surface area contributed by atoms with Crippen LogP contribution < -0.4 is 14.8 Å². The molecule has 0 unspecified atom stereocenters. The Labute approximate surface area is 199 Å². The minimum Gasteiger partial charge on any atom is -0.481 e. The summed E-state index contributed by atoms with van der Waals surface area (Å²) in [4.78, 5) is 28.0. The zero-order valence-corrected chi connectivity index (χ0v) is 20.4. The molecule has 0 fully saturated rings. The number of sulfonamides is 1. The van der Waals surface area contributed by atoms with E-state index in [0.29, 0.717) is 39.5 Å². The van der Waals surface area contributed by atoms with E-state index in [-0.39, 0.29) is 17.5 Å². The van der Waals surface area contributed by atoms with Gasteiger partial charge in [0.05, 0.1) is 13.5 Å². The van der Waals surface area contributed by atoms with Gasteiger partial charge >= 0.3 is 0 Å². The van der Waals surface area contributed by atoms with Crippen molar-refractivity contribution in [1.29, 1.82) is 0 Å². The highest BCUT2D eigenvalue weighted by molar-refractivity contribution is 7.92. The van der Waals surface area contributed by atoms with Crippen LogP contribution in [0.4, 0.5) is 9.52 Å². The van der Waals surface area contributed by atoms with Crippen LogP contribution in [-0.4, -0.2) is 42.5 Å². The molecule has 2 N–H and O–H groups in total. The minimum atomic E-state index is -4.33. The van der Waals surface area contributed by atoms with Gasteiger partial charge < -0.3 is 10.1 Å². The summed E-state index contributed by atoms with van der Waals surface area (Å²) in [6.45, 7) is 4.92. The van der Waals surface area contributed by atoms with Crippen LogP contribution in [-0.2, 0) is 26.0 Å². The van der Waals surface area contributed by atoms with Gasteiger partial charge in [0, 0.05) is 19.2 Å². The molecule has 3 rings (SSSR count). The van der Waals surface area contributed by atoms with Crippen LogP contribution in [0, 0.1) is 5.82 Å². The summed E-state index contributed by atoms with van der Waals surface area (Å²) < 4.78 is 46.3. The van der Waals surface area contributed by atoms with E-state index in [9.17, 15) is 22.4 Å². The van der Waals surface area contributed by atoms with E-state index in [2.05, 4.69) is 20.5 Å². The van der Waals surface area contributed by atoms with Crippen molar-refractivity contribution in [3.63, 3.8) is 0 Å². The summed E-state index contributed by atoms with van der Waals surface area (Å²) in [6.07, 6.45) is 1.15. The highest BCUT2D eigenvalue weighted by atomic mass is 32.2. The van der Waals surface area contributed by atoms with Crippen molar-refractivity contribution in [2.45, 2.75) is 37.4 Å². The quantitative estimate of drug-likeness (QED) is 0.444. The molecule has 34 heavy (non-hydrogen) atoms. The molecule has 0 atom stereocenters. The fourth-order valence-electron chi connectivity index (χ4n) is 3.23.